The molecule has 1 atom stereocenters. The van der Waals surface area contributed by atoms with E-state index >= 15 is 0 Å². The monoisotopic (exact) mass is 458 g/mol. The molecule has 4 aromatic rings. The first-order valence-corrected chi connectivity index (χ1v) is 10.7. The van der Waals surface area contributed by atoms with Gasteiger partial charge < -0.3 is 4.74 Å². The molecule has 0 saturated heterocycles. The molecular weight excluding hydrogens is 443 g/mol. The molecule has 0 unspecified atom stereocenters. The summed E-state index contributed by atoms with van der Waals surface area (Å²) in [7, 11) is 0. The number of rotatable bonds is 5. The van der Waals surface area contributed by atoms with E-state index in [4.69, 9.17) is 27.9 Å². The first kappa shape index (κ1) is 20.6. The zero-order valence-corrected chi connectivity index (χ0v) is 18.2. The summed E-state index contributed by atoms with van der Waals surface area (Å²) >= 11 is 13.5. The number of carbonyl (C=O) groups is 1. The highest BCUT2D eigenvalue weighted by atomic mass is 35.5. The van der Waals surface area contributed by atoms with Gasteiger partial charge in [0, 0.05) is 26.6 Å². The predicted molar refractivity (Wildman–Crippen MR) is 120 cm³/mol. The van der Waals surface area contributed by atoms with Crippen LogP contribution in [0.2, 0.25) is 10.0 Å². The number of aromatic nitrogens is 2. The number of esters is 1. The smallest absolute Gasteiger partial charge is 0.329 e. The molecule has 0 aliphatic heterocycles. The number of nitrogens with zero attached hydrogens (tertiary/aromatic N) is 2. The van der Waals surface area contributed by atoms with Gasteiger partial charge in [0.1, 0.15) is 17.5 Å². The maximum Gasteiger partial charge on any atom is 0.329 e. The molecule has 5 nitrogen and oxygen atoms in total. The molecule has 0 radical (unpaired) electrons. The Bertz CT molecular complexity index is 1280. The van der Waals surface area contributed by atoms with Crippen LogP contribution in [0.4, 0.5) is 0 Å². The van der Waals surface area contributed by atoms with Crippen molar-refractivity contribution in [2.75, 3.05) is 0 Å². The Balaban J connectivity index is 1.63. The fourth-order valence-electron chi connectivity index (χ4n) is 3.06. The lowest BCUT2D eigenvalue weighted by molar-refractivity contribution is -0.148. The Kier molecular flexibility index (Phi) is 5.90. The van der Waals surface area contributed by atoms with Crippen molar-refractivity contribution in [3.05, 3.63) is 86.2 Å². The third-order valence-electron chi connectivity index (χ3n) is 4.76. The molecule has 0 saturated carbocycles. The number of hydrogen-bond acceptors (Lipinski definition) is 5. The Hall–Kier alpha value is -2.67. The van der Waals surface area contributed by atoms with Crippen LogP contribution in [0.25, 0.3) is 21.3 Å². The second-order valence-corrected chi connectivity index (χ2v) is 8.37. The molecule has 0 aliphatic rings. The molecular formula is C22H16Cl2N2O3S. The molecule has 2 aromatic heterocycles. The lowest BCUT2D eigenvalue weighted by Crippen LogP contribution is -2.29. The molecule has 0 fully saturated rings. The Morgan fingerprint density at radius 1 is 1.17 bits per heavy atom. The van der Waals surface area contributed by atoms with Crippen LogP contribution in [0.15, 0.2) is 65.0 Å². The first-order valence-electron chi connectivity index (χ1n) is 9.10. The van der Waals surface area contributed by atoms with Gasteiger partial charge in [-0.05, 0) is 30.7 Å². The van der Waals surface area contributed by atoms with Gasteiger partial charge in [-0.2, -0.15) is 0 Å². The third-order valence-corrected chi connectivity index (χ3v) is 6.27. The quantitative estimate of drug-likeness (QED) is 0.358. The molecule has 0 spiro atoms. The predicted octanol–water partition coefficient (Wildman–Crippen LogP) is 5.74. The van der Waals surface area contributed by atoms with Crippen molar-refractivity contribution >= 4 is 50.7 Å². The van der Waals surface area contributed by atoms with Gasteiger partial charge in [0.25, 0.3) is 5.56 Å². The second-order valence-electron chi connectivity index (χ2n) is 6.67. The van der Waals surface area contributed by atoms with Crippen LogP contribution in [-0.2, 0) is 16.1 Å². The minimum atomic E-state index is -0.838. The zero-order chi connectivity index (χ0) is 21.3. The maximum atomic E-state index is 13.2. The number of thiophene rings is 1. The van der Waals surface area contributed by atoms with Crippen LogP contribution in [0, 0.1) is 0 Å². The topological polar surface area (TPSA) is 61.2 Å². The largest absolute Gasteiger partial charge is 0.459 e. The van der Waals surface area contributed by atoms with Crippen molar-refractivity contribution in [3.8, 4) is 11.1 Å². The molecule has 0 bridgehead atoms. The molecule has 0 N–H and O–H groups in total. The minimum Gasteiger partial charge on any atom is -0.459 e. The van der Waals surface area contributed by atoms with Gasteiger partial charge in [0.05, 0.1) is 11.7 Å². The summed E-state index contributed by atoms with van der Waals surface area (Å²) in [5.74, 6) is -0.540. The maximum absolute atomic E-state index is 13.2. The number of fused-ring (bicyclic) bond motifs is 1. The van der Waals surface area contributed by atoms with E-state index in [0.29, 0.717) is 25.8 Å². The van der Waals surface area contributed by atoms with Gasteiger partial charge in [-0.15, -0.1) is 11.3 Å². The van der Waals surface area contributed by atoms with Crippen LogP contribution in [0.5, 0.6) is 0 Å². The SMILES string of the molecule is C[C@@H](C(=O)OCc1ccccc1Cl)n1cnc2scc(-c3ccc(Cl)cc3)c2c1=O. The summed E-state index contributed by atoms with van der Waals surface area (Å²) in [4.78, 5) is 30.8. The summed E-state index contributed by atoms with van der Waals surface area (Å²) in [6.45, 7) is 1.64. The van der Waals surface area contributed by atoms with E-state index in [-0.39, 0.29) is 12.2 Å². The van der Waals surface area contributed by atoms with E-state index in [1.54, 1.807) is 37.3 Å². The fraction of sp³-hybridized carbons (Fsp3) is 0.136. The van der Waals surface area contributed by atoms with E-state index < -0.39 is 12.0 Å². The summed E-state index contributed by atoms with van der Waals surface area (Å²) in [6.07, 6.45) is 1.38. The van der Waals surface area contributed by atoms with Gasteiger partial charge in [-0.25, -0.2) is 9.78 Å². The molecule has 2 heterocycles. The van der Waals surface area contributed by atoms with E-state index in [2.05, 4.69) is 4.98 Å². The Labute approximate surface area is 186 Å². The van der Waals surface area contributed by atoms with Crippen molar-refractivity contribution in [2.24, 2.45) is 0 Å². The lowest BCUT2D eigenvalue weighted by atomic mass is 10.1. The molecule has 30 heavy (non-hydrogen) atoms. The second kappa shape index (κ2) is 8.60. The molecule has 152 valence electrons. The van der Waals surface area contributed by atoms with Gasteiger partial charge in [0.15, 0.2) is 0 Å². The van der Waals surface area contributed by atoms with Crippen molar-refractivity contribution in [1.29, 1.82) is 0 Å². The number of ether oxygens (including phenoxy) is 1. The van der Waals surface area contributed by atoms with Crippen molar-refractivity contribution in [2.45, 2.75) is 19.6 Å². The van der Waals surface area contributed by atoms with Gasteiger partial charge >= 0.3 is 5.97 Å². The summed E-state index contributed by atoms with van der Waals surface area (Å²) in [5.41, 5.74) is 2.02. The molecule has 0 amide bonds. The highest BCUT2D eigenvalue weighted by molar-refractivity contribution is 7.17. The normalized spacial score (nSPS) is 12.1. The minimum absolute atomic E-state index is 0.0295. The molecule has 0 aliphatic carbocycles. The standard InChI is InChI=1S/C22H16Cl2N2O3S/c1-13(22(28)29-10-15-4-2-3-5-18(15)24)26-12-25-20-19(21(26)27)17(11-30-20)14-6-8-16(23)9-7-14/h2-9,11-13H,10H2,1H3/t13-/m0/s1. The van der Waals surface area contributed by atoms with Crippen molar-refractivity contribution in [3.63, 3.8) is 0 Å². The van der Waals surface area contributed by atoms with Gasteiger partial charge in [-0.1, -0.05) is 53.5 Å². The van der Waals surface area contributed by atoms with Crippen LogP contribution in [0.1, 0.15) is 18.5 Å². The lowest BCUT2D eigenvalue weighted by Gasteiger charge is -2.14. The zero-order valence-electron chi connectivity index (χ0n) is 15.8. The summed E-state index contributed by atoms with van der Waals surface area (Å²) < 4.78 is 6.67. The average molecular weight is 459 g/mol. The van der Waals surface area contributed by atoms with Crippen LogP contribution in [0.3, 0.4) is 0 Å². The van der Waals surface area contributed by atoms with E-state index in [1.165, 1.54) is 22.2 Å². The number of carbonyl (C=O) groups excluding carboxylic acids is 1. The molecule has 2 aromatic carbocycles. The fourth-order valence-corrected chi connectivity index (χ4v) is 4.28. The highest BCUT2D eigenvalue weighted by Crippen LogP contribution is 2.31. The number of halogens is 2. The molecule has 8 heteroatoms. The van der Waals surface area contributed by atoms with Crippen molar-refractivity contribution < 1.29 is 9.53 Å². The summed E-state index contributed by atoms with van der Waals surface area (Å²) in [6, 6.07) is 13.5. The van der Waals surface area contributed by atoms with Crippen molar-refractivity contribution in [1.82, 2.24) is 9.55 Å². The van der Waals surface area contributed by atoms with Crippen LogP contribution >= 0.6 is 34.5 Å². The van der Waals surface area contributed by atoms with E-state index in [0.717, 1.165) is 11.1 Å². The van der Waals surface area contributed by atoms with Gasteiger partial charge in [-0.3, -0.25) is 9.36 Å². The Morgan fingerprint density at radius 3 is 2.63 bits per heavy atom. The van der Waals surface area contributed by atoms with E-state index in [1.807, 2.05) is 23.6 Å². The number of hydrogen-bond donors (Lipinski definition) is 0. The Morgan fingerprint density at radius 2 is 1.90 bits per heavy atom. The summed E-state index contributed by atoms with van der Waals surface area (Å²) in [5, 5.41) is 3.48. The molecule has 4 rings (SSSR count). The van der Waals surface area contributed by atoms with Gasteiger partial charge in [0.2, 0.25) is 0 Å². The third kappa shape index (κ3) is 3.99. The first-order chi connectivity index (χ1) is 14.5. The highest BCUT2D eigenvalue weighted by Gasteiger charge is 2.21. The number of benzene rings is 2. The van der Waals surface area contributed by atoms with E-state index in [9.17, 15) is 9.59 Å². The van der Waals surface area contributed by atoms with Crippen LogP contribution < -0.4 is 5.56 Å². The average Bonchev–Trinajstić information content (AvgIpc) is 3.18. The van der Waals surface area contributed by atoms with Crippen LogP contribution in [-0.4, -0.2) is 15.5 Å².